The predicted octanol–water partition coefficient (Wildman–Crippen LogP) is 2.59. The lowest BCUT2D eigenvalue weighted by atomic mass is 10.2. The van der Waals surface area contributed by atoms with Gasteiger partial charge < -0.3 is 15.4 Å². The summed E-state index contributed by atoms with van der Waals surface area (Å²) in [6.45, 7) is 4.83. The molecule has 1 amide bonds. The normalized spacial score (nSPS) is 11.5. The summed E-state index contributed by atoms with van der Waals surface area (Å²) in [5.41, 5.74) is 0.703. The molecule has 2 N–H and O–H groups in total. The fourth-order valence-electron chi connectivity index (χ4n) is 1.57. The van der Waals surface area contributed by atoms with Gasteiger partial charge in [0.15, 0.2) is 0 Å². The first-order valence-corrected chi connectivity index (χ1v) is 6.61. The number of rotatable bonds is 7. The zero-order valence-electron chi connectivity index (χ0n) is 12.0. The number of amides is 1. The standard InChI is InChI=1S/C14H19F3N2O2/c1-10(2)18-8-7-13(20)19-9-11-3-5-12(6-4-11)21-14(15,16)17/h3-6,10,18H,7-9H2,1-2H3,(H,19,20). The van der Waals surface area contributed by atoms with Crippen LogP contribution in [0.25, 0.3) is 0 Å². The van der Waals surface area contributed by atoms with Gasteiger partial charge in [-0.2, -0.15) is 0 Å². The molecule has 0 atom stereocenters. The topological polar surface area (TPSA) is 50.4 Å². The van der Waals surface area contributed by atoms with Gasteiger partial charge in [0.1, 0.15) is 5.75 Å². The van der Waals surface area contributed by atoms with Gasteiger partial charge in [-0.1, -0.05) is 26.0 Å². The summed E-state index contributed by atoms with van der Waals surface area (Å²) in [6.07, 6.45) is -4.34. The Morgan fingerprint density at radius 1 is 1.24 bits per heavy atom. The fraction of sp³-hybridized carbons (Fsp3) is 0.500. The van der Waals surface area contributed by atoms with Gasteiger partial charge in [-0.05, 0) is 17.7 Å². The van der Waals surface area contributed by atoms with Gasteiger partial charge in [-0.15, -0.1) is 13.2 Å². The van der Waals surface area contributed by atoms with Gasteiger partial charge in [0.25, 0.3) is 0 Å². The van der Waals surface area contributed by atoms with Gasteiger partial charge >= 0.3 is 6.36 Å². The fourth-order valence-corrected chi connectivity index (χ4v) is 1.57. The van der Waals surface area contributed by atoms with Crippen molar-refractivity contribution in [1.29, 1.82) is 0 Å². The number of benzene rings is 1. The van der Waals surface area contributed by atoms with Crippen molar-refractivity contribution in [3.05, 3.63) is 29.8 Å². The molecule has 0 bridgehead atoms. The van der Waals surface area contributed by atoms with Gasteiger partial charge in [0.05, 0.1) is 0 Å². The molecule has 0 radical (unpaired) electrons. The average Bonchev–Trinajstić information content (AvgIpc) is 2.35. The molecular formula is C14H19F3N2O2. The average molecular weight is 304 g/mol. The first-order valence-electron chi connectivity index (χ1n) is 6.61. The first kappa shape index (κ1) is 17.3. The Morgan fingerprint density at radius 3 is 2.38 bits per heavy atom. The summed E-state index contributed by atoms with van der Waals surface area (Å²) in [7, 11) is 0. The van der Waals surface area contributed by atoms with E-state index in [2.05, 4.69) is 15.4 Å². The Hall–Kier alpha value is -1.76. The number of alkyl halides is 3. The quantitative estimate of drug-likeness (QED) is 0.814. The smallest absolute Gasteiger partial charge is 0.406 e. The zero-order valence-corrected chi connectivity index (χ0v) is 12.0. The van der Waals surface area contributed by atoms with Crippen molar-refractivity contribution in [3.8, 4) is 5.75 Å². The lowest BCUT2D eigenvalue weighted by molar-refractivity contribution is -0.274. The van der Waals surface area contributed by atoms with Crippen molar-refractivity contribution >= 4 is 5.91 Å². The maximum atomic E-state index is 12.0. The van der Waals surface area contributed by atoms with Crippen LogP contribution in [0.1, 0.15) is 25.8 Å². The molecule has 21 heavy (non-hydrogen) atoms. The molecule has 0 saturated heterocycles. The molecule has 0 aliphatic carbocycles. The minimum atomic E-state index is -4.70. The van der Waals surface area contributed by atoms with Crippen LogP contribution in [0.5, 0.6) is 5.75 Å². The maximum absolute atomic E-state index is 12.0. The van der Waals surface area contributed by atoms with E-state index in [4.69, 9.17) is 0 Å². The summed E-state index contributed by atoms with van der Waals surface area (Å²) >= 11 is 0. The number of hydrogen-bond acceptors (Lipinski definition) is 3. The summed E-state index contributed by atoms with van der Waals surface area (Å²) in [5, 5.41) is 5.82. The number of hydrogen-bond donors (Lipinski definition) is 2. The van der Waals surface area contributed by atoms with Crippen LogP contribution in [0.2, 0.25) is 0 Å². The molecule has 4 nitrogen and oxygen atoms in total. The van der Waals surface area contributed by atoms with Crippen LogP contribution >= 0.6 is 0 Å². The van der Waals surface area contributed by atoms with Gasteiger partial charge in [-0.25, -0.2) is 0 Å². The molecule has 0 spiro atoms. The van der Waals surface area contributed by atoms with Gasteiger partial charge in [0.2, 0.25) is 5.91 Å². The second-order valence-corrected chi connectivity index (χ2v) is 4.83. The SMILES string of the molecule is CC(C)NCCC(=O)NCc1ccc(OC(F)(F)F)cc1. The van der Waals surface area contributed by atoms with E-state index in [-0.39, 0.29) is 18.2 Å². The third-order valence-corrected chi connectivity index (χ3v) is 2.55. The number of nitrogens with one attached hydrogen (secondary N) is 2. The lowest BCUT2D eigenvalue weighted by Gasteiger charge is -2.10. The molecule has 1 aromatic carbocycles. The third kappa shape index (κ3) is 8.19. The molecular weight excluding hydrogens is 285 g/mol. The summed E-state index contributed by atoms with van der Waals surface area (Å²) < 4.78 is 39.7. The van der Waals surface area contributed by atoms with E-state index in [1.807, 2.05) is 13.8 Å². The summed E-state index contributed by atoms with van der Waals surface area (Å²) in [4.78, 5) is 11.5. The predicted molar refractivity (Wildman–Crippen MR) is 72.7 cm³/mol. The van der Waals surface area contributed by atoms with E-state index < -0.39 is 6.36 Å². The highest BCUT2D eigenvalue weighted by Gasteiger charge is 2.30. The Morgan fingerprint density at radius 2 is 1.86 bits per heavy atom. The Labute approximate surface area is 121 Å². The molecule has 7 heteroatoms. The second-order valence-electron chi connectivity index (χ2n) is 4.83. The molecule has 0 fully saturated rings. The van der Waals surface area contributed by atoms with Crippen LogP contribution in [0.15, 0.2) is 24.3 Å². The number of carbonyl (C=O) groups is 1. The van der Waals surface area contributed by atoms with Gasteiger partial charge in [0, 0.05) is 25.6 Å². The largest absolute Gasteiger partial charge is 0.573 e. The molecule has 1 rings (SSSR count). The molecule has 0 aliphatic rings. The highest BCUT2D eigenvalue weighted by molar-refractivity contribution is 5.76. The Bertz CT molecular complexity index is 445. The number of ether oxygens (including phenoxy) is 1. The first-order chi connectivity index (χ1) is 9.76. The summed E-state index contributed by atoms with van der Waals surface area (Å²) in [5.74, 6) is -0.391. The molecule has 118 valence electrons. The van der Waals surface area contributed by atoms with Crippen molar-refractivity contribution in [2.24, 2.45) is 0 Å². The van der Waals surface area contributed by atoms with Crippen molar-refractivity contribution in [2.75, 3.05) is 6.54 Å². The van der Waals surface area contributed by atoms with E-state index in [0.29, 0.717) is 24.6 Å². The minimum Gasteiger partial charge on any atom is -0.406 e. The monoisotopic (exact) mass is 304 g/mol. The van der Waals surface area contributed by atoms with E-state index in [1.165, 1.54) is 24.3 Å². The highest BCUT2D eigenvalue weighted by Crippen LogP contribution is 2.22. The van der Waals surface area contributed by atoms with Crippen LogP contribution in [-0.2, 0) is 11.3 Å². The molecule has 0 aromatic heterocycles. The molecule has 0 heterocycles. The third-order valence-electron chi connectivity index (χ3n) is 2.55. The lowest BCUT2D eigenvalue weighted by Crippen LogP contribution is -2.30. The number of carbonyl (C=O) groups excluding carboxylic acids is 1. The molecule has 0 unspecified atom stereocenters. The molecule has 0 aliphatic heterocycles. The van der Waals surface area contributed by atoms with Crippen molar-refractivity contribution in [1.82, 2.24) is 10.6 Å². The van der Waals surface area contributed by atoms with E-state index in [9.17, 15) is 18.0 Å². The Kier molecular flexibility index (Phi) is 6.48. The van der Waals surface area contributed by atoms with Crippen molar-refractivity contribution < 1.29 is 22.7 Å². The van der Waals surface area contributed by atoms with Crippen LogP contribution in [0.3, 0.4) is 0 Å². The van der Waals surface area contributed by atoms with Crippen molar-refractivity contribution in [3.63, 3.8) is 0 Å². The zero-order chi connectivity index (χ0) is 15.9. The second kappa shape index (κ2) is 7.87. The minimum absolute atomic E-state index is 0.112. The van der Waals surface area contributed by atoms with Crippen LogP contribution in [0, 0.1) is 0 Å². The summed E-state index contributed by atoms with van der Waals surface area (Å²) in [6, 6.07) is 5.71. The van der Waals surface area contributed by atoms with Crippen LogP contribution in [-0.4, -0.2) is 24.9 Å². The van der Waals surface area contributed by atoms with Crippen LogP contribution in [0.4, 0.5) is 13.2 Å². The van der Waals surface area contributed by atoms with Crippen molar-refractivity contribution in [2.45, 2.75) is 39.2 Å². The van der Waals surface area contributed by atoms with E-state index >= 15 is 0 Å². The molecule has 0 saturated carbocycles. The highest BCUT2D eigenvalue weighted by atomic mass is 19.4. The molecule has 1 aromatic rings. The van der Waals surface area contributed by atoms with E-state index in [0.717, 1.165) is 0 Å². The number of halogens is 3. The Balaban J connectivity index is 2.34. The maximum Gasteiger partial charge on any atom is 0.573 e. The van der Waals surface area contributed by atoms with Gasteiger partial charge in [-0.3, -0.25) is 4.79 Å². The van der Waals surface area contributed by atoms with Crippen LogP contribution < -0.4 is 15.4 Å². The van der Waals surface area contributed by atoms with E-state index in [1.54, 1.807) is 0 Å².